The average Bonchev–Trinajstić information content (AvgIpc) is 3.26. The van der Waals surface area contributed by atoms with Crippen molar-refractivity contribution in [3.63, 3.8) is 0 Å². The first-order valence-corrected chi connectivity index (χ1v) is 9.76. The molecule has 150 valence electrons. The van der Waals surface area contributed by atoms with Crippen molar-refractivity contribution in [3.8, 4) is 0 Å². The van der Waals surface area contributed by atoms with E-state index in [9.17, 15) is 14.0 Å². The zero-order chi connectivity index (χ0) is 20.8. The predicted molar refractivity (Wildman–Crippen MR) is 110 cm³/mol. The van der Waals surface area contributed by atoms with Gasteiger partial charge in [0.05, 0.1) is 17.4 Å². The maximum Gasteiger partial charge on any atom is 0.266 e. The minimum absolute atomic E-state index is 0.318. The number of amides is 2. The lowest BCUT2D eigenvalue weighted by molar-refractivity contribution is -0.126. The number of anilines is 2. The topological polar surface area (TPSA) is 49.9 Å². The number of aryl methyl sites for hydroxylation is 1. The third-order valence-electron chi connectivity index (χ3n) is 5.69. The Hall–Kier alpha value is -3.51. The summed E-state index contributed by atoms with van der Waals surface area (Å²) in [5.41, 5.74) is 2.95. The van der Waals surface area contributed by atoms with Gasteiger partial charge in [-0.15, -0.1) is 0 Å². The highest BCUT2D eigenvalue weighted by Gasteiger charge is 2.60. The number of hydroxylamine groups is 1. The number of fused-ring (bicyclic) bond motifs is 1. The molecule has 5 rings (SSSR count). The molecule has 3 atom stereocenters. The highest BCUT2D eigenvalue weighted by Crippen LogP contribution is 2.48. The van der Waals surface area contributed by atoms with Crippen LogP contribution in [0, 0.1) is 18.7 Å². The van der Waals surface area contributed by atoms with E-state index in [1.54, 1.807) is 41.5 Å². The van der Waals surface area contributed by atoms with E-state index in [0.717, 1.165) is 11.3 Å². The molecule has 30 heavy (non-hydrogen) atoms. The van der Waals surface area contributed by atoms with Gasteiger partial charge in [-0.3, -0.25) is 14.4 Å². The largest absolute Gasteiger partial charge is 0.273 e. The van der Waals surface area contributed by atoms with Crippen molar-refractivity contribution in [2.24, 2.45) is 5.92 Å². The number of carbonyl (C=O) groups excluding carboxylic acids is 2. The molecule has 0 saturated carbocycles. The zero-order valence-corrected chi connectivity index (χ0v) is 16.2. The molecule has 5 nitrogen and oxygen atoms in total. The first-order chi connectivity index (χ1) is 14.6. The maximum absolute atomic E-state index is 13.6. The predicted octanol–water partition coefficient (Wildman–Crippen LogP) is 4.19. The van der Waals surface area contributed by atoms with Gasteiger partial charge in [-0.25, -0.2) is 14.4 Å². The Morgan fingerprint density at radius 3 is 2.20 bits per heavy atom. The van der Waals surface area contributed by atoms with Crippen molar-refractivity contribution in [2.75, 3.05) is 9.96 Å². The number of hydrogen-bond donors (Lipinski definition) is 0. The molecule has 0 aromatic heterocycles. The Morgan fingerprint density at radius 2 is 1.50 bits per heavy atom. The summed E-state index contributed by atoms with van der Waals surface area (Å²) < 4.78 is 13.6. The summed E-state index contributed by atoms with van der Waals surface area (Å²) in [7, 11) is 0. The van der Waals surface area contributed by atoms with Crippen LogP contribution in [-0.2, 0) is 14.4 Å². The molecular weight excluding hydrogens is 383 g/mol. The van der Waals surface area contributed by atoms with Gasteiger partial charge in [0.1, 0.15) is 11.7 Å². The molecule has 3 aromatic carbocycles. The number of benzene rings is 3. The van der Waals surface area contributed by atoms with Crippen LogP contribution < -0.4 is 9.96 Å². The molecule has 0 spiro atoms. The van der Waals surface area contributed by atoms with Crippen LogP contribution in [0.2, 0.25) is 0 Å². The van der Waals surface area contributed by atoms with Crippen molar-refractivity contribution in [3.05, 3.63) is 95.8 Å². The fourth-order valence-electron chi connectivity index (χ4n) is 4.26. The summed E-state index contributed by atoms with van der Waals surface area (Å²) in [6, 6.07) is 21.9. The van der Waals surface area contributed by atoms with E-state index in [1.807, 2.05) is 37.3 Å². The van der Waals surface area contributed by atoms with Gasteiger partial charge in [0, 0.05) is 0 Å². The second-order valence-corrected chi connectivity index (χ2v) is 7.51. The van der Waals surface area contributed by atoms with E-state index in [2.05, 4.69) is 0 Å². The number of hydrogen-bond acceptors (Lipinski definition) is 4. The van der Waals surface area contributed by atoms with Gasteiger partial charge in [-0.1, -0.05) is 48.5 Å². The normalized spacial score (nSPS) is 23.2. The molecule has 2 saturated heterocycles. The van der Waals surface area contributed by atoms with E-state index in [0.29, 0.717) is 11.3 Å². The van der Waals surface area contributed by atoms with Crippen LogP contribution in [0.3, 0.4) is 0 Å². The Morgan fingerprint density at radius 1 is 0.833 bits per heavy atom. The minimum Gasteiger partial charge on any atom is -0.273 e. The lowest BCUT2D eigenvalue weighted by atomic mass is 9.90. The van der Waals surface area contributed by atoms with Gasteiger partial charge in [0.15, 0.2) is 6.10 Å². The van der Waals surface area contributed by atoms with E-state index >= 15 is 0 Å². The molecule has 3 aromatic rings. The lowest BCUT2D eigenvalue weighted by Crippen LogP contribution is -2.37. The van der Waals surface area contributed by atoms with E-state index in [-0.39, 0.29) is 17.6 Å². The van der Waals surface area contributed by atoms with Gasteiger partial charge in [0.2, 0.25) is 5.91 Å². The third-order valence-corrected chi connectivity index (χ3v) is 5.69. The molecule has 6 heteroatoms. The fraction of sp³-hybridized carbons (Fsp3) is 0.167. The number of rotatable bonds is 3. The molecule has 2 aliphatic heterocycles. The molecule has 0 radical (unpaired) electrons. The van der Waals surface area contributed by atoms with Crippen LogP contribution in [0.4, 0.5) is 15.8 Å². The Bertz CT molecular complexity index is 1120. The third kappa shape index (κ3) is 2.80. The van der Waals surface area contributed by atoms with Crippen LogP contribution in [0.15, 0.2) is 78.9 Å². The summed E-state index contributed by atoms with van der Waals surface area (Å²) in [6.45, 7) is 1.94. The highest BCUT2D eigenvalue weighted by atomic mass is 19.1. The summed E-state index contributed by atoms with van der Waals surface area (Å²) in [4.78, 5) is 33.9. The van der Waals surface area contributed by atoms with Crippen molar-refractivity contribution < 1.29 is 18.8 Å². The van der Waals surface area contributed by atoms with Gasteiger partial charge in [-0.05, 0) is 48.4 Å². The zero-order valence-electron chi connectivity index (χ0n) is 16.2. The molecule has 3 unspecified atom stereocenters. The van der Waals surface area contributed by atoms with Crippen molar-refractivity contribution in [1.29, 1.82) is 0 Å². The monoisotopic (exact) mass is 402 g/mol. The van der Waals surface area contributed by atoms with E-state index in [1.165, 1.54) is 17.0 Å². The molecular formula is C24H19FN2O3. The van der Waals surface area contributed by atoms with Crippen molar-refractivity contribution in [2.45, 2.75) is 19.1 Å². The van der Waals surface area contributed by atoms with Gasteiger partial charge in [0.25, 0.3) is 5.91 Å². The number of para-hydroxylation sites is 2. The SMILES string of the molecule is Cc1ccccc1N1OC2C(=O)N(c3ccccc3)C(=O)C2C1c1ccc(F)cc1. The summed E-state index contributed by atoms with van der Waals surface area (Å²) in [5, 5.41) is 1.63. The number of halogens is 1. The minimum atomic E-state index is -0.938. The number of nitrogens with zero attached hydrogens (tertiary/aromatic N) is 2. The van der Waals surface area contributed by atoms with Crippen LogP contribution in [0.25, 0.3) is 0 Å². The van der Waals surface area contributed by atoms with Crippen LogP contribution in [0.1, 0.15) is 17.2 Å². The molecule has 0 aliphatic carbocycles. The maximum atomic E-state index is 13.6. The van der Waals surface area contributed by atoms with Crippen molar-refractivity contribution in [1.82, 2.24) is 0 Å². The first-order valence-electron chi connectivity index (χ1n) is 9.76. The highest BCUT2D eigenvalue weighted by molar-refractivity contribution is 6.23. The van der Waals surface area contributed by atoms with E-state index < -0.39 is 18.1 Å². The number of imide groups is 1. The van der Waals surface area contributed by atoms with Crippen molar-refractivity contribution >= 4 is 23.2 Å². The van der Waals surface area contributed by atoms with Crippen LogP contribution >= 0.6 is 0 Å². The van der Waals surface area contributed by atoms with E-state index in [4.69, 9.17) is 4.84 Å². The molecule has 2 amide bonds. The standard InChI is InChI=1S/C24H19FN2O3/c1-15-7-5-6-10-19(15)27-21(16-11-13-17(25)14-12-16)20-22(30-27)24(29)26(23(20)28)18-8-3-2-4-9-18/h2-14,20-22H,1H3. The summed E-state index contributed by atoms with van der Waals surface area (Å²) in [6.07, 6.45) is -0.938. The van der Waals surface area contributed by atoms with Gasteiger partial charge >= 0.3 is 0 Å². The molecule has 2 heterocycles. The fourth-order valence-corrected chi connectivity index (χ4v) is 4.26. The Labute approximate surface area is 173 Å². The quantitative estimate of drug-likeness (QED) is 0.617. The Kier molecular flexibility index (Phi) is 4.37. The van der Waals surface area contributed by atoms with Gasteiger partial charge < -0.3 is 0 Å². The van der Waals surface area contributed by atoms with Gasteiger partial charge in [-0.2, -0.15) is 0 Å². The van der Waals surface area contributed by atoms with Crippen LogP contribution in [-0.4, -0.2) is 17.9 Å². The second-order valence-electron chi connectivity index (χ2n) is 7.51. The first kappa shape index (κ1) is 18.5. The number of carbonyl (C=O) groups is 2. The summed E-state index contributed by atoms with van der Waals surface area (Å²) in [5.74, 6) is -1.81. The smallest absolute Gasteiger partial charge is 0.266 e. The Balaban J connectivity index is 1.61. The molecule has 2 fully saturated rings. The molecule has 2 aliphatic rings. The lowest BCUT2D eigenvalue weighted by Gasteiger charge is -2.29. The van der Waals surface area contributed by atoms with Crippen LogP contribution in [0.5, 0.6) is 0 Å². The average molecular weight is 402 g/mol. The molecule has 0 bridgehead atoms. The second kappa shape index (κ2) is 7.07. The molecule has 0 N–H and O–H groups in total. The summed E-state index contributed by atoms with van der Waals surface area (Å²) >= 11 is 0.